The Morgan fingerprint density at radius 2 is 2.00 bits per heavy atom. The van der Waals surface area contributed by atoms with Crippen molar-refractivity contribution in [2.75, 3.05) is 11.0 Å². The number of hydrogen-bond acceptors (Lipinski definition) is 6. The second-order valence-corrected chi connectivity index (χ2v) is 6.34. The fourth-order valence-corrected chi connectivity index (χ4v) is 3.45. The second-order valence-electron chi connectivity index (χ2n) is 4.61. The molecule has 7 heteroatoms. The molecule has 3 N–H and O–H groups in total. The van der Waals surface area contributed by atoms with Crippen LogP contribution in [0, 0.1) is 0 Å². The molecule has 1 aliphatic heterocycles. The third-order valence-corrected chi connectivity index (χ3v) is 4.85. The fourth-order valence-electron chi connectivity index (χ4n) is 2.13. The number of phenols is 1. The Balaban J connectivity index is 1.81. The van der Waals surface area contributed by atoms with E-state index in [4.69, 9.17) is 4.65 Å². The summed E-state index contributed by atoms with van der Waals surface area (Å²) in [7, 11) is -0.838. The Labute approximate surface area is 132 Å². The highest BCUT2D eigenvalue weighted by Crippen LogP contribution is 2.31. The number of fused-ring (bicyclic) bond motifs is 1. The summed E-state index contributed by atoms with van der Waals surface area (Å²) in [6.07, 6.45) is 2.02. The summed E-state index contributed by atoms with van der Waals surface area (Å²) in [5.74, 6) is 0.252. The van der Waals surface area contributed by atoms with Gasteiger partial charge in [-0.1, -0.05) is 0 Å². The summed E-state index contributed by atoms with van der Waals surface area (Å²) in [5.41, 5.74) is 2.80. The van der Waals surface area contributed by atoms with Crippen molar-refractivity contribution in [1.29, 1.82) is 0 Å². The van der Waals surface area contributed by atoms with E-state index in [1.165, 1.54) is 11.9 Å². The molecule has 1 heterocycles. The van der Waals surface area contributed by atoms with Crippen LogP contribution in [-0.2, 0) is 11.3 Å². The molecular formula is C14H14BNO3S2. The zero-order valence-electron chi connectivity index (χ0n) is 11.4. The summed E-state index contributed by atoms with van der Waals surface area (Å²) in [6, 6.07) is 11.0. The van der Waals surface area contributed by atoms with Gasteiger partial charge in [-0.25, -0.2) is 0 Å². The number of phenolic OH excluding ortho intramolecular Hbond substituents is 1. The second kappa shape index (κ2) is 6.23. The molecule has 0 aromatic heterocycles. The minimum atomic E-state index is -0.838. The number of benzene rings is 2. The molecule has 1 aliphatic rings. The van der Waals surface area contributed by atoms with E-state index in [-0.39, 0.29) is 5.75 Å². The van der Waals surface area contributed by atoms with Crippen LogP contribution in [0.2, 0.25) is 0 Å². The van der Waals surface area contributed by atoms with E-state index in [0.717, 1.165) is 26.5 Å². The number of hydrogen-bond donors (Lipinski definition) is 3. The highest BCUT2D eigenvalue weighted by Gasteiger charge is 2.28. The maximum Gasteiger partial charge on any atom is 0.491 e. The van der Waals surface area contributed by atoms with Gasteiger partial charge in [-0.15, -0.1) is 11.8 Å². The normalized spacial score (nSPS) is 13.3. The van der Waals surface area contributed by atoms with E-state index in [9.17, 15) is 10.1 Å². The van der Waals surface area contributed by atoms with Crippen molar-refractivity contribution in [3.8, 4) is 5.75 Å². The summed E-state index contributed by atoms with van der Waals surface area (Å²) in [6.45, 7) is 0.454. The van der Waals surface area contributed by atoms with Crippen LogP contribution in [0.4, 0.5) is 5.69 Å². The molecule has 0 radical (unpaired) electrons. The fraction of sp³-hybridized carbons (Fsp3) is 0.143. The lowest BCUT2D eigenvalue weighted by molar-refractivity contribution is 0.275. The third-order valence-electron chi connectivity index (χ3n) is 3.24. The number of rotatable bonds is 4. The van der Waals surface area contributed by atoms with Crippen LogP contribution in [-0.4, -0.2) is 23.5 Å². The maximum atomic E-state index is 9.79. The van der Waals surface area contributed by atoms with Gasteiger partial charge < -0.3 is 19.5 Å². The molecule has 0 spiro atoms. The molecule has 0 saturated heterocycles. The Morgan fingerprint density at radius 3 is 2.71 bits per heavy atom. The molecule has 3 rings (SSSR count). The molecule has 108 valence electrons. The van der Waals surface area contributed by atoms with Gasteiger partial charge >= 0.3 is 7.12 Å². The quantitative estimate of drug-likeness (QED) is 0.457. The van der Waals surface area contributed by atoms with Gasteiger partial charge in [0.2, 0.25) is 0 Å². The van der Waals surface area contributed by atoms with E-state index in [1.807, 2.05) is 24.5 Å². The van der Waals surface area contributed by atoms with Crippen LogP contribution in [0.15, 0.2) is 46.2 Å². The van der Waals surface area contributed by atoms with Crippen LogP contribution in [0.5, 0.6) is 5.75 Å². The van der Waals surface area contributed by atoms with Crippen LogP contribution < -0.4 is 10.2 Å². The smallest absolute Gasteiger partial charge is 0.491 e. The zero-order chi connectivity index (χ0) is 14.8. The van der Waals surface area contributed by atoms with Crippen molar-refractivity contribution in [2.45, 2.75) is 16.4 Å². The van der Waals surface area contributed by atoms with Crippen molar-refractivity contribution in [3.05, 3.63) is 42.0 Å². The van der Waals surface area contributed by atoms with Crippen molar-refractivity contribution in [3.63, 3.8) is 0 Å². The molecule has 0 atom stereocenters. The summed E-state index contributed by atoms with van der Waals surface area (Å²) in [5, 5.41) is 19.1. The van der Waals surface area contributed by atoms with E-state index in [1.54, 1.807) is 23.9 Å². The zero-order valence-corrected chi connectivity index (χ0v) is 13.0. The van der Waals surface area contributed by atoms with Gasteiger partial charge in [0.15, 0.2) is 0 Å². The van der Waals surface area contributed by atoms with E-state index in [0.29, 0.717) is 6.61 Å². The van der Waals surface area contributed by atoms with E-state index >= 15 is 0 Å². The van der Waals surface area contributed by atoms with Crippen LogP contribution >= 0.6 is 23.7 Å². The SMILES string of the molecule is CSc1cc2c(cc1NSc1ccc(O)cc1)B(O)OC2. The first kappa shape index (κ1) is 14.7. The minimum Gasteiger partial charge on any atom is -0.508 e. The molecule has 0 amide bonds. The first-order valence-electron chi connectivity index (χ1n) is 6.40. The Morgan fingerprint density at radius 1 is 1.24 bits per heavy atom. The highest BCUT2D eigenvalue weighted by atomic mass is 32.2. The average Bonchev–Trinajstić information content (AvgIpc) is 2.86. The maximum absolute atomic E-state index is 9.79. The molecule has 0 saturated carbocycles. The summed E-state index contributed by atoms with van der Waals surface area (Å²) in [4.78, 5) is 2.11. The number of aromatic hydroxyl groups is 1. The lowest BCUT2D eigenvalue weighted by Gasteiger charge is -2.12. The molecule has 0 unspecified atom stereocenters. The molecule has 0 fully saturated rings. The van der Waals surface area contributed by atoms with Gasteiger partial charge in [0.25, 0.3) is 0 Å². The van der Waals surface area contributed by atoms with Gasteiger partial charge in [-0.05, 0) is 65.6 Å². The first-order chi connectivity index (χ1) is 10.2. The van der Waals surface area contributed by atoms with Gasteiger partial charge in [-0.3, -0.25) is 0 Å². The van der Waals surface area contributed by atoms with Crippen LogP contribution in [0.25, 0.3) is 0 Å². The largest absolute Gasteiger partial charge is 0.508 e. The molecule has 21 heavy (non-hydrogen) atoms. The molecular weight excluding hydrogens is 305 g/mol. The van der Waals surface area contributed by atoms with Crippen molar-refractivity contribution in [2.24, 2.45) is 0 Å². The Bertz CT molecular complexity index is 651. The standard InChI is InChI=1S/C14H14BNO3S2/c1-20-14-6-9-8-19-15(18)12(9)7-13(14)16-21-11-4-2-10(17)3-5-11/h2-7,16-18H,8H2,1H3. The molecule has 0 aliphatic carbocycles. The van der Waals surface area contributed by atoms with Crippen LogP contribution in [0.1, 0.15) is 5.56 Å². The number of nitrogens with one attached hydrogen (secondary N) is 1. The summed E-state index contributed by atoms with van der Waals surface area (Å²) < 4.78 is 8.54. The average molecular weight is 319 g/mol. The third kappa shape index (κ3) is 3.16. The Kier molecular flexibility index (Phi) is 4.35. The number of anilines is 1. The minimum absolute atomic E-state index is 0.252. The topological polar surface area (TPSA) is 61.7 Å². The van der Waals surface area contributed by atoms with Gasteiger partial charge in [0.05, 0.1) is 12.3 Å². The predicted molar refractivity (Wildman–Crippen MR) is 88.2 cm³/mol. The predicted octanol–water partition coefficient (Wildman–Crippen LogP) is 2.45. The van der Waals surface area contributed by atoms with E-state index < -0.39 is 7.12 Å². The van der Waals surface area contributed by atoms with Crippen molar-refractivity contribution < 1.29 is 14.8 Å². The molecule has 2 aromatic rings. The lowest BCUT2D eigenvalue weighted by Crippen LogP contribution is -2.28. The van der Waals surface area contributed by atoms with Crippen molar-refractivity contribution in [1.82, 2.24) is 0 Å². The van der Waals surface area contributed by atoms with Gasteiger partial charge in [0, 0.05) is 9.79 Å². The molecule has 0 bridgehead atoms. The van der Waals surface area contributed by atoms with Gasteiger partial charge in [0.1, 0.15) is 5.75 Å². The number of thioether (sulfide) groups is 1. The van der Waals surface area contributed by atoms with Crippen molar-refractivity contribution >= 4 is 42.0 Å². The molecule has 2 aromatic carbocycles. The molecule has 4 nitrogen and oxygen atoms in total. The first-order valence-corrected chi connectivity index (χ1v) is 8.44. The Hall–Kier alpha value is -1.28. The highest BCUT2D eigenvalue weighted by molar-refractivity contribution is 8.01. The summed E-state index contributed by atoms with van der Waals surface area (Å²) >= 11 is 3.11. The van der Waals surface area contributed by atoms with Crippen LogP contribution in [0.3, 0.4) is 0 Å². The van der Waals surface area contributed by atoms with E-state index in [2.05, 4.69) is 10.8 Å². The van der Waals surface area contributed by atoms with Gasteiger partial charge in [-0.2, -0.15) is 0 Å². The lowest BCUT2D eigenvalue weighted by atomic mass is 9.79. The monoisotopic (exact) mass is 319 g/mol.